The second-order valence-electron chi connectivity index (χ2n) is 5.43. The molecule has 1 aromatic carbocycles. The number of hydrogen-bond donors (Lipinski definition) is 1. The molecule has 0 spiro atoms. The fourth-order valence-corrected chi connectivity index (χ4v) is 2.51. The van der Waals surface area contributed by atoms with Gasteiger partial charge in [-0.15, -0.1) is 0 Å². The van der Waals surface area contributed by atoms with E-state index in [1.165, 1.54) is 24.3 Å². The number of carbonyl (C=O) groups is 1. The predicted octanol–water partition coefficient (Wildman–Crippen LogP) is 2.95. The van der Waals surface area contributed by atoms with Gasteiger partial charge in [-0.05, 0) is 42.5 Å². The van der Waals surface area contributed by atoms with E-state index in [2.05, 4.69) is 0 Å². The summed E-state index contributed by atoms with van der Waals surface area (Å²) >= 11 is 0. The number of amides is 1. The van der Waals surface area contributed by atoms with Gasteiger partial charge in [0.1, 0.15) is 0 Å². The van der Waals surface area contributed by atoms with Crippen LogP contribution in [0.3, 0.4) is 0 Å². The minimum Gasteiger partial charge on any atom is -0.396 e. The molecule has 1 atom stereocenters. The van der Waals surface area contributed by atoms with Gasteiger partial charge in [-0.3, -0.25) is 4.79 Å². The molecule has 0 radical (unpaired) electrons. The highest BCUT2D eigenvalue weighted by Gasteiger charge is 2.30. The molecule has 0 aliphatic carbocycles. The SMILES string of the molecule is O=C(/C=C/c1cccc(C(F)(F)F)c1)N1CCCC(CO)C1. The van der Waals surface area contributed by atoms with Gasteiger partial charge in [0, 0.05) is 25.8 Å². The van der Waals surface area contributed by atoms with Crippen LogP contribution in [-0.2, 0) is 11.0 Å². The summed E-state index contributed by atoms with van der Waals surface area (Å²) in [5.74, 6) is -0.157. The molecule has 1 N–H and O–H groups in total. The van der Waals surface area contributed by atoms with Crippen molar-refractivity contribution in [1.29, 1.82) is 0 Å². The summed E-state index contributed by atoms with van der Waals surface area (Å²) in [5, 5.41) is 9.14. The summed E-state index contributed by atoms with van der Waals surface area (Å²) in [6.45, 7) is 1.14. The number of piperidine rings is 1. The first-order valence-corrected chi connectivity index (χ1v) is 7.15. The second kappa shape index (κ2) is 6.96. The minimum absolute atomic E-state index is 0.0428. The summed E-state index contributed by atoms with van der Waals surface area (Å²) in [5.41, 5.74) is -0.403. The Labute approximate surface area is 127 Å². The van der Waals surface area contributed by atoms with Crippen molar-refractivity contribution in [2.75, 3.05) is 19.7 Å². The standard InChI is InChI=1S/C16H18F3NO2/c17-16(18,19)14-5-1-3-12(9-14)6-7-15(22)20-8-2-4-13(10-20)11-21/h1,3,5-7,9,13,21H,2,4,8,10-11H2/b7-6+. The van der Waals surface area contributed by atoms with Gasteiger partial charge < -0.3 is 10.0 Å². The van der Waals surface area contributed by atoms with E-state index in [9.17, 15) is 18.0 Å². The predicted molar refractivity (Wildman–Crippen MR) is 76.9 cm³/mol. The fourth-order valence-electron chi connectivity index (χ4n) is 2.51. The van der Waals surface area contributed by atoms with Crippen LogP contribution in [0.25, 0.3) is 6.08 Å². The van der Waals surface area contributed by atoms with E-state index in [4.69, 9.17) is 5.11 Å². The Bertz CT molecular complexity index is 555. The van der Waals surface area contributed by atoms with Crippen molar-refractivity contribution in [3.05, 3.63) is 41.5 Å². The minimum atomic E-state index is -4.39. The van der Waals surface area contributed by atoms with Gasteiger partial charge in [0.05, 0.1) is 5.56 Å². The maximum Gasteiger partial charge on any atom is 0.416 e. The Morgan fingerprint density at radius 3 is 2.86 bits per heavy atom. The number of rotatable bonds is 3. The van der Waals surface area contributed by atoms with Crippen LogP contribution in [0.4, 0.5) is 13.2 Å². The molecule has 0 saturated carbocycles. The Hall–Kier alpha value is -1.82. The number of likely N-dealkylation sites (tertiary alicyclic amines) is 1. The van der Waals surface area contributed by atoms with Crippen LogP contribution < -0.4 is 0 Å². The summed E-state index contributed by atoms with van der Waals surface area (Å²) in [6, 6.07) is 4.84. The first-order valence-electron chi connectivity index (χ1n) is 7.15. The van der Waals surface area contributed by atoms with Crippen molar-refractivity contribution in [2.24, 2.45) is 5.92 Å². The van der Waals surface area contributed by atoms with Crippen LogP contribution in [0.2, 0.25) is 0 Å². The average molecular weight is 313 g/mol. The van der Waals surface area contributed by atoms with Gasteiger partial charge in [-0.25, -0.2) is 0 Å². The van der Waals surface area contributed by atoms with E-state index in [1.807, 2.05) is 0 Å². The molecular formula is C16H18F3NO2. The third-order valence-corrected chi connectivity index (χ3v) is 3.72. The van der Waals surface area contributed by atoms with Gasteiger partial charge >= 0.3 is 6.18 Å². The van der Waals surface area contributed by atoms with Gasteiger partial charge in [-0.1, -0.05) is 12.1 Å². The van der Waals surface area contributed by atoms with Crippen LogP contribution in [-0.4, -0.2) is 35.6 Å². The van der Waals surface area contributed by atoms with Crippen molar-refractivity contribution < 1.29 is 23.1 Å². The maximum atomic E-state index is 12.6. The number of benzene rings is 1. The summed E-state index contributed by atoms with van der Waals surface area (Å²) in [4.78, 5) is 13.7. The Kier molecular flexibility index (Phi) is 5.24. The topological polar surface area (TPSA) is 40.5 Å². The van der Waals surface area contributed by atoms with Crippen LogP contribution in [0, 0.1) is 5.92 Å². The van der Waals surface area contributed by atoms with Crippen molar-refractivity contribution in [3.63, 3.8) is 0 Å². The maximum absolute atomic E-state index is 12.6. The molecule has 22 heavy (non-hydrogen) atoms. The molecule has 1 amide bonds. The normalized spacial score (nSPS) is 19.6. The second-order valence-corrected chi connectivity index (χ2v) is 5.43. The Morgan fingerprint density at radius 2 is 2.18 bits per heavy atom. The number of alkyl halides is 3. The molecule has 1 unspecified atom stereocenters. The van der Waals surface area contributed by atoms with E-state index in [1.54, 1.807) is 4.90 Å². The third kappa shape index (κ3) is 4.34. The Morgan fingerprint density at radius 1 is 1.41 bits per heavy atom. The molecule has 0 aromatic heterocycles. The van der Waals surface area contributed by atoms with Crippen LogP contribution >= 0.6 is 0 Å². The molecule has 0 bridgehead atoms. The van der Waals surface area contributed by atoms with Crippen LogP contribution in [0.1, 0.15) is 24.0 Å². The third-order valence-electron chi connectivity index (χ3n) is 3.72. The molecule has 2 rings (SSSR count). The molecule has 1 aromatic rings. The molecule has 1 fully saturated rings. The largest absolute Gasteiger partial charge is 0.416 e. The molecule has 120 valence electrons. The zero-order valence-corrected chi connectivity index (χ0v) is 12.0. The number of aliphatic hydroxyl groups excluding tert-OH is 1. The number of aliphatic hydroxyl groups is 1. The summed E-state index contributed by atoms with van der Waals surface area (Å²) in [7, 11) is 0. The molecule has 3 nitrogen and oxygen atoms in total. The van der Waals surface area contributed by atoms with E-state index >= 15 is 0 Å². The lowest BCUT2D eigenvalue weighted by molar-refractivity contribution is -0.137. The first-order chi connectivity index (χ1) is 10.4. The highest BCUT2D eigenvalue weighted by atomic mass is 19.4. The molecule has 6 heteroatoms. The zero-order chi connectivity index (χ0) is 16.2. The highest BCUT2D eigenvalue weighted by Crippen LogP contribution is 2.29. The highest BCUT2D eigenvalue weighted by molar-refractivity contribution is 5.91. The van der Waals surface area contributed by atoms with Crippen molar-refractivity contribution >= 4 is 12.0 Å². The Balaban J connectivity index is 2.03. The molecule has 1 aliphatic heterocycles. The van der Waals surface area contributed by atoms with Gasteiger partial charge in [0.25, 0.3) is 0 Å². The van der Waals surface area contributed by atoms with Crippen LogP contribution in [0.5, 0.6) is 0 Å². The van der Waals surface area contributed by atoms with Crippen molar-refractivity contribution in [1.82, 2.24) is 4.90 Å². The van der Waals surface area contributed by atoms with Gasteiger partial charge in [0.15, 0.2) is 0 Å². The number of hydrogen-bond acceptors (Lipinski definition) is 2. The smallest absolute Gasteiger partial charge is 0.396 e. The number of carbonyl (C=O) groups excluding carboxylic acids is 1. The molecule has 1 saturated heterocycles. The van der Waals surface area contributed by atoms with E-state index in [-0.39, 0.29) is 18.4 Å². The first kappa shape index (κ1) is 16.5. The lowest BCUT2D eigenvalue weighted by atomic mass is 9.99. The number of nitrogens with zero attached hydrogens (tertiary/aromatic N) is 1. The molecular weight excluding hydrogens is 295 g/mol. The fraction of sp³-hybridized carbons (Fsp3) is 0.438. The monoisotopic (exact) mass is 313 g/mol. The molecule has 1 aliphatic rings. The van der Waals surface area contributed by atoms with Crippen molar-refractivity contribution in [3.8, 4) is 0 Å². The van der Waals surface area contributed by atoms with Crippen LogP contribution in [0.15, 0.2) is 30.3 Å². The van der Waals surface area contributed by atoms with Gasteiger partial charge in [0.2, 0.25) is 5.91 Å². The quantitative estimate of drug-likeness (QED) is 0.872. The lowest BCUT2D eigenvalue weighted by Gasteiger charge is -2.31. The average Bonchev–Trinajstić information content (AvgIpc) is 2.52. The van der Waals surface area contributed by atoms with Crippen molar-refractivity contribution in [2.45, 2.75) is 19.0 Å². The zero-order valence-electron chi connectivity index (χ0n) is 12.0. The van der Waals surface area contributed by atoms with E-state index < -0.39 is 11.7 Å². The summed E-state index contributed by atoms with van der Waals surface area (Å²) in [6.07, 6.45) is -0.00353. The van der Waals surface area contributed by atoms with E-state index in [0.717, 1.165) is 25.0 Å². The summed E-state index contributed by atoms with van der Waals surface area (Å²) < 4.78 is 37.8. The lowest BCUT2D eigenvalue weighted by Crippen LogP contribution is -2.40. The van der Waals surface area contributed by atoms with E-state index in [0.29, 0.717) is 18.7 Å². The number of halogens is 3. The van der Waals surface area contributed by atoms with Gasteiger partial charge in [-0.2, -0.15) is 13.2 Å². The molecule has 1 heterocycles.